The molecule has 0 spiro atoms. The van der Waals surface area contributed by atoms with Crippen molar-refractivity contribution >= 4 is 10.0 Å². The molecule has 1 aromatic rings. The van der Waals surface area contributed by atoms with Crippen LogP contribution in [0.25, 0.3) is 0 Å². The summed E-state index contributed by atoms with van der Waals surface area (Å²) < 4.78 is 29.0. The van der Waals surface area contributed by atoms with E-state index in [-0.39, 0.29) is 0 Å². The molecular formula is C14H27N3O2S. The molecule has 1 aromatic heterocycles. The maximum Gasteiger partial charge on any atom is 0.242 e. The number of aryl methyl sites for hydroxylation is 1. The monoisotopic (exact) mass is 301 g/mol. The van der Waals surface area contributed by atoms with Gasteiger partial charge in [0, 0.05) is 32.0 Å². The molecule has 1 heterocycles. The zero-order chi connectivity index (χ0) is 15.2. The van der Waals surface area contributed by atoms with E-state index in [1.807, 2.05) is 0 Å². The fourth-order valence-corrected chi connectivity index (χ4v) is 3.39. The van der Waals surface area contributed by atoms with Crippen molar-refractivity contribution in [2.45, 2.75) is 51.0 Å². The number of rotatable bonds is 9. The van der Waals surface area contributed by atoms with Crippen molar-refractivity contribution in [1.82, 2.24) is 9.29 Å². The van der Waals surface area contributed by atoms with Crippen LogP contribution in [0.4, 0.5) is 0 Å². The molecule has 0 aliphatic rings. The van der Waals surface area contributed by atoms with E-state index in [9.17, 15) is 8.42 Å². The van der Waals surface area contributed by atoms with Gasteiger partial charge in [0.2, 0.25) is 10.0 Å². The molecule has 20 heavy (non-hydrogen) atoms. The molecule has 0 aliphatic carbocycles. The van der Waals surface area contributed by atoms with Crippen molar-refractivity contribution in [2.24, 2.45) is 18.7 Å². The maximum atomic E-state index is 12.2. The lowest BCUT2D eigenvalue weighted by Crippen LogP contribution is -2.29. The second kappa shape index (κ2) is 7.81. The van der Waals surface area contributed by atoms with Crippen molar-refractivity contribution in [2.75, 3.05) is 6.54 Å². The first-order chi connectivity index (χ1) is 9.44. The molecule has 1 unspecified atom stereocenters. The zero-order valence-corrected chi connectivity index (χ0v) is 13.5. The van der Waals surface area contributed by atoms with Crippen molar-refractivity contribution < 1.29 is 8.42 Å². The predicted molar refractivity (Wildman–Crippen MR) is 81.8 cm³/mol. The predicted octanol–water partition coefficient (Wildman–Crippen LogP) is 1.98. The van der Waals surface area contributed by atoms with E-state index >= 15 is 0 Å². The molecule has 5 nitrogen and oxygen atoms in total. The van der Waals surface area contributed by atoms with Gasteiger partial charge in [0.15, 0.2) is 0 Å². The summed E-state index contributed by atoms with van der Waals surface area (Å²) in [5.41, 5.74) is 6.38. The van der Waals surface area contributed by atoms with Crippen LogP contribution in [0.3, 0.4) is 0 Å². The summed E-state index contributed by atoms with van der Waals surface area (Å²) in [6.07, 6.45) is 5.95. The summed E-state index contributed by atoms with van der Waals surface area (Å²) in [4.78, 5) is 0.297. The molecule has 0 radical (unpaired) electrons. The fourth-order valence-electron chi connectivity index (χ4n) is 2.18. The van der Waals surface area contributed by atoms with Crippen LogP contribution < -0.4 is 10.5 Å². The molecule has 0 saturated heterocycles. The number of aromatic nitrogens is 1. The molecule has 0 saturated carbocycles. The third-order valence-corrected chi connectivity index (χ3v) is 5.10. The third-order valence-electron chi connectivity index (χ3n) is 3.71. The Labute approximate surface area is 122 Å². The van der Waals surface area contributed by atoms with E-state index in [1.165, 1.54) is 0 Å². The molecule has 0 bridgehead atoms. The largest absolute Gasteiger partial charge is 0.352 e. The van der Waals surface area contributed by atoms with Gasteiger partial charge in [-0.1, -0.05) is 33.1 Å². The van der Waals surface area contributed by atoms with Crippen molar-refractivity contribution in [1.29, 1.82) is 0 Å². The van der Waals surface area contributed by atoms with E-state index in [4.69, 9.17) is 5.73 Å². The lowest BCUT2D eigenvalue weighted by molar-refractivity contribution is 0.443. The van der Waals surface area contributed by atoms with Crippen LogP contribution in [0.2, 0.25) is 0 Å². The summed E-state index contributed by atoms with van der Waals surface area (Å²) in [7, 11) is -1.63. The highest BCUT2D eigenvalue weighted by Gasteiger charge is 2.18. The van der Waals surface area contributed by atoms with Crippen LogP contribution in [-0.4, -0.2) is 19.5 Å². The molecule has 116 valence electrons. The number of nitrogens with two attached hydrogens (primary N) is 1. The van der Waals surface area contributed by atoms with Crippen LogP contribution in [-0.2, 0) is 23.6 Å². The first-order valence-corrected chi connectivity index (χ1v) is 8.77. The van der Waals surface area contributed by atoms with Crippen LogP contribution in [0.1, 0.15) is 45.2 Å². The van der Waals surface area contributed by atoms with Gasteiger partial charge in [0.25, 0.3) is 0 Å². The third kappa shape index (κ3) is 4.61. The number of hydrogen-bond acceptors (Lipinski definition) is 3. The SMILES string of the molecule is CCCCC(CC)CNS(=O)(=O)c1cc(CN)n(C)c1. The Kier molecular flexibility index (Phi) is 6.71. The average molecular weight is 301 g/mol. The van der Waals surface area contributed by atoms with Crippen LogP contribution in [0.5, 0.6) is 0 Å². The van der Waals surface area contributed by atoms with Crippen molar-refractivity contribution in [3.05, 3.63) is 18.0 Å². The molecule has 1 rings (SSSR count). The summed E-state index contributed by atoms with van der Waals surface area (Å²) in [5.74, 6) is 0.405. The Bertz CT molecular complexity index is 508. The summed E-state index contributed by atoms with van der Waals surface area (Å²) in [5, 5.41) is 0. The molecule has 6 heteroatoms. The summed E-state index contributed by atoms with van der Waals surface area (Å²) in [6, 6.07) is 1.63. The second-order valence-corrected chi connectivity index (χ2v) is 7.02. The number of nitrogens with zero attached hydrogens (tertiary/aromatic N) is 1. The molecule has 3 N–H and O–H groups in total. The van der Waals surface area contributed by atoms with Gasteiger partial charge in [-0.25, -0.2) is 13.1 Å². The Morgan fingerprint density at radius 1 is 1.40 bits per heavy atom. The molecule has 0 aromatic carbocycles. The van der Waals surface area contributed by atoms with Gasteiger partial charge < -0.3 is 10.3 Å². The van der Waals surface area contributed by atoms with Gasteiger partial charge >= 0.3 is 0 Å². The quantitative estimate of drug-likeness (QED) is 0.732. The van der Waals surface area contributed by atoms with Crippen LogP contribution in [0, 0.1) is 5.92 Å². The smallest absolute Gasteiger partial charge is 0.242 e. The number of unbranched alkanes of at least 4 members (excludes halogenated alkanes) is 1. The van der Waals surface area contributed by atoms with Gasteiger partial charge in [0.05, 0.1) is 4.90 Å². The minimum atomic E-state index is -3.43. The van der Waals surface area contributed by atoms with E-state index in [1.54, 1.807) is 23.9 Å². The Morgan fingerprint density at radius 2 is 2.10 bits per heavy atom. The highest BCUT2D eigenvalue weighted by molar-refractivity contribution is 7.89. The van der Waals surface area contributed by atoms with Gasteiger partial charge in [-0.15, -0.1) is 0 Å². The van der Waals surface area contributed by atoms with Gasteiger partial charge in [-0.2, -0.15) is 0 Å². The van der Waals surface area contributed by atoms with Gasteiger partial charge in [-0.3, -0.25) is 0 Å². The second-order valence-electron chi connectivity index (χ2n) is 5.25. The average Bonchev–Trinajstić information content (AvgIpc) is 2.81. The summed E-state index contributed by atoms with van der Waals surface area (Å²) >= 11 is 0. The molecule has 0 fully saturated rings. The number of sulfonamides is 1. The van der Waals surface area contributed by atoms with E-state index in [0.29, 0.717) is 23.9 Å². The number of hydrogen-bond donors (Lipinski definition) is 2. The number of nitrogens with one attached hydrogen (secondary N) is 1. The topological polar surface area (TPSA) is 77.1 Å². The van der Waals surface area contributed by atoms with Crippen molar-refractivity contribution in [3.8, 4) is 0 Å². The Balaban J connectivity index is 2.69. The maximum absolute atomic E-state index is 12.2. The fraction of sp³-hybridized carbons (Fsp3) is 0.714. The lowest BCUT2D eigenvalue weighted by atomic mass is 10.00. The Hall–Kier alpha value is -0.850. The first-order valence-electron chi connectivity index (χ1n) is 7.29. The van der Waals surface area contributed by atoms with Crippen molar-refractivity contribution in [3.63, 3.8) is 0 Å². The van der Waals surface area contributed by atoms with E-state index in [2.05, 4.69) is 18.6 Å². The lowest BCUT2D eigenvalue weighted by Gasteiger charge is -2.14. The normalized spacial score (nSPS) is 13.6. The molecule has 0 aliphatic heterocycles. The molecular weight excluding hydrogens is 274 g/mol. The van der Waals surface area contributed by atoms with Crippen LogP contribution in [0.15, 0.2) is 17.2 Å². The van der Waals surface area contributed by atoms with Crippen LogP contribution >= 0.6 is 0 Å². The van der Waals surface area contributed by atoms with Gasteiger partial charge in [-0.05, 0) is 18.4 Å². The standard InChI is InChI=1S/C14H27N3O2S/c1-4-6-7-12(5-2)10-16-20(18,19)14-8-13(9-15)17(3)11-14/h8,11-12,16H,4-7,9-10,15H2,1-3H3. The van der Waals surface area contributed by atoms with E-state index in [0.717, 1.165) is 31.4 Å². The highest BCUT2D eigenvalue weighted by atomic mass is 32.2. The highest BCUT2D eigenvalue weighted by Crippen LogP contribution is 2.15. The molecule has 1 atom stereocenters. The first kappa shape index (κ1) is 17.2. The van der Waals surface area contributed by atoms with Gasteiger partial charge in [0.1, 0.15) is 0 Å². The minimum absolute atomic E-state index is 0.297. The molecule has 0 amide bonds. The minimum Gasteiger partial charge on any atom is -0.352 e. The van der Waals surface area contributed by atoms with E-state index < -0.39 is 10.0 Å². The Morgan fingerprint density at radius 3 is 2.60 bits per heavy atom. The summed E-state index contributed by atoms with van der Waals surface area (Å²) in [6.45, 7) is 5.09. The zero-order valence-electron chi connectivity index (χ0n) is 12.7.